The van der Waals surface area contributed by atoms with Gasteiger partial charge in [-0.2, -0.15) is 27.1 Å². The fourth-order valence-corrected chi connectivity index (χ4v) is 1.90. The van der Waals surface area contributed by atoms with Gasteiger partial charge in [-0.25, -0.2) is 0 Å². The number of nitrogens with zero attached hydrogens (tertiary/aromatic N) is 3. The Morgan fingerprint density at radius 3 is 2.00 bits per heavy atom. The zero-order chi connectivity index (χ0) is 15.1. The molecule has 0 aromatic heterocycles. The summed E-state index contributed by atoms with van der Waals surface area (Å²) in [5.41, 5.74) is -0.421. The number of hydrogen-bond acceptors (Lipinski definition) is 3. The summed E-state index contributed by atoms with van der Waals surface area (Å²) in [7, 11) is 0. The molecule has 0 aromatic rings. The molecular formula is C11H18F5N3. The van der Waals surface area contributed by atoms with E-state index in [1.807, 2.05) is 0 Å². The van der Waals surface area contributed by atoms with Crippen LogP contribution in [-0.2, 0) is 0 Å². The van der Waals surface area contributed by atoms with Gasteiger partial charge in [0.1, 0.15) is 6.34 Å². The maximum Gasteiger partial charge on any atom is 0.457 e. The third-order valence-electron chi connectivity index (χ3n) is 2.63. The van der Waals surface area contributed by atoms with Crippen molar-refractivity contribution in [2.24, 2.45) is 10.5 Å². The van der Waals surface area contributed by atoms with Crippen LogP contribution in [0.5, 0.6) is 0 Å². The quantitative estimate of drug-likeness (QED) is 0.743. The molecule has 8 heteroatoms. The second kappa shape index (κ2) is 4.79. The maximum atomic E-state index is 13.6. The molecule has 0 radical (unpaired) electrons. The van der Waals surface area contributed by atoms with E-state index in [1.165, 1.54) is 6.92 Å². The van der Waals surface area contributed by atoms with E-state index in [1.54, 1.807) is 20.8 Å². The van der Waals surface area contributed by atoms with Gasteiger partial charge < -0.3 is 4.90 Å². The van der Waals surface area contributed by atoms with E-state index in [4.69, 9.17) is 0 Å². The molecule has 3 nitrogen and oxygen atoms in total. The first-order valence-electron chi connectivity index (χ1n) is 5.91. The molecule has 1 aliphatic rings. The minimum absolute atomic E-state index is 0.0204. The molecule has 0 spiro atoms. The van der Waals surface area contributed by atoms with Gasteiger partial charge in [-0.3, -0.25) is 5.01 Å². The van der Waals surface area contributed by atoms with Crippen LogP contribution in [0.1, 0.15) is 27.7 Å². The van der Waals surface area contributed by atoms with Crippen molar-refractivity contribution in [2.45, 2.75) is 46.0 Å². The topological polar surface area (TPSA) is 18.8 Å². The first-order valence-corrected chi connectivity index (χ1v) is 5.91. The molecule has 1 rings (SSSR count). The van der Waals surface area contributed by atoms with Gasteiger partial charge in [-0.05, 0) is 12.3 Å². The van der Waals surface area contributed by atoms with E-state index in [0.717, 1.165) is 16.2 Å². The Kier molecular flexibility index (Phi) is 4.03. The van der Waals surface area contributed by atoms with Crippen LogP contribution >= 0.6 is 0 Å². The van der Waals surface area contributed by atoms with Gasteiger partial charge in [0.2, 0.25) is 0 Å². The zero-order valence-corrected chi connectivity index (χ0v) is 11.3. The molecule has 0 aliphatic carbocycles. The summed E-state index contributed by atoms with van der Waals surface area (Å²) in [5.74, 6) is -4.84. The zero-order valence-electron chi connectivity index (χ0n) is 11.3. The normalized spacial score (nSPS) is 21.4. The summed E-state index contributed by atoms with van der Waals surface area (Å²) in [5, 5.41) is 4.40. The average molecular weight is 287 g/mol. The van der Waals surface area contributed by atoms with Gasteiger partial charge in [0.05, 0.1) is 0 Å². The predicted molar refractivity (Wildman–Crippen MR) is 61.8 cm³/mol. The van der Waals surface area contributed by atoms with Crippen LogP contribution in [0.2, 0.25) is 0 Å². The first kappa shape index (κ1) is 16.0. The number of alkyl halides is 5. The summed E-state index contributed by atoms with van der Waals surface area (Å²) >= 11 is 0. The number of rotatable bonds is 3. The lowest BCUT2D eigenvalue weighted by Gasteiger charge is -2.38. The molecule has 0 N–H and O–H groups in total. The molecule has 0 amide bonds. The molecule has 0 saturated carbocycles. The van der Waals surface area contributed by atoms with E-state index < -0.39 is 23.7 Å². The Labute approximate surface area is 109 Å². The van der Waals surface area contributed by atoms with E-state index in [-0.39, 0.29) is 13.1 Å². The van der Waals surface area contributed by atoms with Gasteiger partial charge >= 0.3 is 12.1 Å². The van der Waals surface area contributed by atoms with Crippen molar-refractivity contribution in [1.29, 1.82) is 0 Å². The van der Waals surface area contributed by atoms with Gasteiger partial charge in [0, 0.05) is 13.1 Å². The van der Waals surface area contributed by atoms with Crippen molar-refractivity contribution >= 4 is 6.34 Å². The summed E-state index contributed by atoms with van der Waals surface area (Å²) in [4.78, 5) is 0.955. The van der Waals surface area contributed by atoms with Crippen molar-refractivity contribution in [1.82, 2.24) is 9.91 Å². The van der Waals surface area contributed by atoms with Crippen LogP contribution in [0, 0.1) is 5.41 Å². The smallest absolute Gasteiger partial charge is 0.334 e. The second-order valence-electron chi connectivity index (χ2n) is 5.71. The summed E-state index contributed by atoms with van der Waals surface area (Å²) in [6, 6.07) is 0. The lowest BCUT2D eigenvalue weighted by atomic mass is 9.95. The lowest BCUT2D eigenvalue weighted by molar-refractivity contribution is -0.314. The van der Waals surface area contributed by atoms with Crippen LogP contribution in [0.15, 0.2) is 5.10 Å². The molecule has 19 heavy (non-hydrogen) atoms. The highest BCUT2D eigenvalue weighted by Gasteiger charge is 2.66. The van der Waals surface area contributed by atoms with Crippen molar-refractivity contribution in [3.8, 4) is 0 Å². The fraction of sp³-hybridized carbons (Fsp3) is 0.909. The van der Waals surface area contributed by atoms with Crippen LogP contribution in [0.4, 0.5) is 22.0 Å². The molecule has 0 aromatic carbocycles. The van der Waals surface area contributed by atoms with E-state index in [2.05, 4.69) is 5.10 Å². The Bertz CT molecular complexity index is 345. The molecule has 0 saturated heterocycles. The molecule has 1 unspecified atom stereocenters. The molecular weight excluding hydrogens is 269 g/mol. The second-order valence-corrected chi connectivity index (χ2v) is 5.71. The molecule has 1 atom stereocenters. The van der Waals surface area contributed by atoms with Crippen LogP contribution in [0.3, 0.4) is 0 Å². The highest BCUT2D eigenvalue weighted by molar-refractivity contribution is 5.57. The fourth-order valence-electron chi connectivity index (χ4n) is 1.90. The minimum atomic E-state index is -5.60. The molecule has 1 aliphatic heterocycles. The number of hydrazone groups is 1. The highest BCUT2D eigenvalue weighted by Crippen LogP contribution is 2.42. The van der Waals surface area contributed by atoms with Crippen molar-refractivity contribution in [3.63, 3.8) is 0 Å². The summed E-state index contributed by atoms with van der Waals surface area (Å²) < 4.78 is 64.8. The monoisotopic (exact) mass is 287 g/mol. The number of hydrogen-bond donors (Lipinski definition) is 0. The molecule has 1 heterocycles. The molecule has 0 fully saturated rings. The standard InChI is InChI=1S/C11H18F5N3/c1-5-19-8(10(12,13)11(14,15)16)18(7-17-19)6-9(2,3)4/h7-8H,5-6H2,1-4H3. The summed E-state index contributed by atoms with van der Waals surface area (Å²) in [6.07, 6.45) is -6.66. The Morgan fingerprint density at radius 1 is 1.11 bits per heavy atom. The Morgan fingerprint density at radius 2 is 1.63 bits per heavy atom. The van der Waals surface area contributed by atoms with Gasteiger partial charge in [0.15, 0.2) is 6.17 Å². The molecule has 112 valence electrons. The average Bonchev–Trinajstić information content (AvgIpc) is 2.56. The van der Waals surface area contributed by atoms with Gasteiger partial charge in [-0.15, -0.1) is 0 Å². The van der Waals surface area contributed by atoms with E-state index in [9.17, 15) is 22.0 Å². The third kappa shape index (κ3) is 3.27. The largest absolute Gasteiger partial charge is 0.457 e. The van der Waals surface area contributed by atoms with Crippen molar-refractivity contribution in [3.05, 3.63) is 0 Å². The van der Waals surface area contributed by atoms with Crippen LogP contribution in [0.25, 0.3) is 0 Å². The Balaban J connectivity index is 3.04. The lowest BCUT2D eigenvalue weighted by Crippen LogP contribution is -2.59. The van der Waals surface area contributed by atoms with Crippen molar-refractivity contribution < 1.29 is 22.0 Å². The van der Waals surface area contributed by atoms with Gasteiger partial charge in [-0.1, -0.05) is 20.8 Å². The first-order chi connectivity index (χ1) is 8.40. The predicted octanol–water partition coefficient (Wildman–Crippen LogP) is 3.14. The molecule has 0 bridgehead atoms. The van der Waals surface area contributed by atoms with Crippen molar-refractivity contribution in [2.75, 3.05) is 13.1 Å². The van der Waals surface area contributed by atoms with Crippen LogP contribution < -0.4 is 0 Å². The highest BCUT2D eigenvalue weighted by atomic mass is 19.4. The summed E-state index contributed by atoms with van der Waals surface area (Å²) in [6.45, 7) is 6.81. The SMILES string of the molecule is CCN1N=CN(CC(C)(C)C)C1C(F)(F)C(F)(F)F. The van der Waals surface area contributed by atoms with Crippen LogP contribution in [-0.4, -0.2) is 47.6 Å². The number of halogens is 5. The minimum Gasteiger partial charge on any atom is -0.334 e. The maximum absolute atomic E-state index is 13.6. The van der Waals surface area contributed by atoms with Gasteiger partial charge in [0.25, 0.3) is 0 Å². The van der Waals surface area contributed by atoms with E-state index in [0.29, 0.717) is 0 Å². The Hall–Kier alpha value is -1.08. The third-order valence-corrected chi connectivity index (χ3v) is 2.63. The van der Waals surface area contributed by atoms with E-state index >= 15 is 0 Å².